The van der Waals surface area contributed by atoms with Crippen molar-refractivity contribution in [2.75, 3.05) is 78.7 Å². The standard InChI is InChI=1S/C22H43N3O3/c1-19(2)22(26)18-24-7-5-21(6-8-24)17-25-11-9-23(10-12-25)13-14-27-15-16-28-20(3)4/h19-21H,5-18H2,1-4H3. The molecule has 164 valence electrons. The zero-order valence-electron chi connectivity index (χ0n) is 18.7. The van der Waals surface area contributed by atoms with Gasteiger partial charge < -0.3 is 14.4 Å². The molecule has 0 spiro atoms. The lowest BCUT2D eigenvalue weighted by molar-refractivity contribution is -0.123. The molecule has 28 heavy (non-hydrogen) atoms. The maximum atomic E-state index is 11.9. The summed E-state index contributed by atoms with van der Waals surface area (Å²) in [6, 6.07) is 0. The fraction of sp³-hybridized carbons (Fsp3) is 0.955. The van der Waals surface area contributed by atoms with Crippen molar-refractivity contribution in [3.8, 4) is 0 Å². The van der Waals surface area contributed by atoms with Crippen molar-refractivity contribution in [3.63, 3.8) is 0 Å². The Morgan fingerprint density at radius 1 is 0.857 bits per heavy atom. The molecule has 0 N–H and O–H groups in total. The quantitative estimate of drug-likeness (QED) is 0.469. The van der Waals surface area contributed by atoms with Crippen molar-refractivity contribution < 1.29 is 14.3 Å². The number of ketones is 1. The van der Waals surface area contributed by atoms with E-state index in [0.29, 0.717) is 25.5 Å². The van der Waals surface area contributed by atoms with Crippen LogP contribution in [0.1, 0.15) is 40.5 Å². The monoisotopic (exact) mass is 397 g/mol. The molecule has 0 amide bonds. The highest BCUT2D eigenvalue weighted by atomic mass is 16.5. The Kier molecular flexibility index (Phi) is 10.9. The Labute approximate surface area is 172 Å². The van der Waals surface area contributed by atoms with Crippen molar-refractivity contribution in [3.05, 3.63) is 0 Å². The van der Waals surface area contributed by atoms with Crippen LogP contribution in [-0.4, -0.2) is 105 Å². The summed E-state index contributed by atoms with van der Waals surface area (Å²) in [5.41, 5.74) is 0. The summed E-state index contributed by atoms with van der Waals surface area (Å²) in [7, 11) is 0. The first-order valence-corrected chi connectivity index (χ1v) is 11.3. The second-order valence-corrected chi connectivity index (χ2v) is 9.01. The molecule has 0 bridgehead atoms. The fourth-order valence-corrected chi connectivity index (χ4v) is 3.93. The molecule has 2 heterocycles. The number of Topliss-reactive ketones (excluding diaryl/α,β-unsaturated/α-hetero) is 1. The molecule has 0 aliphatic carbocycles. The van der Waals surface area contributed by atoms with Crippen molar-refractivity contribution >= 4 is 5.78 Å². The summed E-state index contributed by atoms with van der Waals surface area (Å²) in [6.45, 7) is 20.0. The van der Waals surface area contributed by atoms with Gasteiger partial charge in [0.25, 0.3) is 0 Å². The summed E-state index contributed by atoms with van der Waals surface area (Å²) in [5.74, 6) is 1.33. The van der Waals surface area contributed by atoms with Gasteiger partial charge in [0.15, 0.2) is 0 Å². The minimum absolute atomic E-state index is 0.160. The largest absolute Gasteiger partial charge is 0.378 e. The van der Waals surface area contributed by atoms with E-state index in [1.807, 2.05) is 13.8 Å². The minimum Gasteiger partial charge on any atom is -0.378 e. The first-order chi connectivity index (χ1) is 13.4. The molecule has 0 atom stereocenters. The molecule has 6 nitrogen and oxygen atoms in total. The van der Waals surface area contributed by atoms with Crippen molar-refractivity contribution in [2.45, 2.75) is 46.6 Å². The number of piperazine rings is 1. The molecule has 2 aliphatic heterocycles. The summed E-state index contributed by atoms with van der Waals surface area (Å²) in [4.78, 5) is 19.4. The van der Waals surface area contributed by atoms with Crippen LogP contribution in [0.2, 0.25) is 0 Å². The first kappa shape index (κ1) is 23.7. The number of ether oxygens (including phenoxy) is 2. The zero-order valence-corrected chi connectivity index (χ0v) is 18.7. The maximum absolute atomic E-state index is 11.9. The Morgan fingerprint density at radius 2 is 1.50 bits per heavy atom. The number of nitrogens with zero attached hydrogens (tertiary/aromatic N) is 3. The summed E-state index contributed by atoms with van der Waals surface area (Å²) in [6.07, 6.45) is 2.75. The van der Waals surface area contributed by atoms with Crippen LogP contribution in [0.4, 0.5) is 0 Å². The molecular weight excluding hydrogens is 354 g/mol. The number of hydrogen-bond donors (Lipinski definition) is 0. The molecule has 2 fully saturated rings. The van der Waals surface area contributed by atoms with Crippen LogP contribution in [0.25, 0.3) is 0 Å². The van der Waals surface area contributed by atoms with Crippen LogP contribution in [-0.2, 0) is 14.3 Å². The summed E-state index contributed by atoms with van der Waals surface area (Å²) >= 11 is 0. The molecule has 2 saturated heterocycles. The van der Waals surface area contributed by atoms with E-state index in [1.165, 1.54) is 32.5 Å². The van der Waals surface area contributed by atoms with Crippen molar-refractivity contribution in [1.29, 1.82) is 0 Å². The van der Waals surface area contributed by atoms with E-state index in [2.05, 4.69) is 28.5 Å². The fourth-order valence-electron chi connectivity index (χ4n) is 3.93. The third-order valence-corrected chi connectivity index (χ3v) is 5.94. The number of piperidine rings is 1. The lowest BCUT2D eigenvalue weighted by atomic mass is 9.95. The van der Waals surface area contributed by atoms with Crippen molar-refractivity contribution in [2.24, 2.45) is 11.8 Å². The van der Waals surface area contributed by atoms with Gasteiger partial charge in [-0.1, -0.05) is 13.8 Å². The number of carbonyl (C=O) groups is 1. The highest BCUT2D eigenvalue weighted by Crippen LogP contribution is 2.19. The van der Waals surface area contributed by atoms with Gasteiger partial charge in [0, 0.05) is 45.2 Å². The van der Waals surface area contributed by atoms with Crippen LogP contribution in [0.3, 0.4) is 0 Å². The third kappa shape index (κ3) is 9.31. The molecule has 0 aromatic rings. The highest BCUT2D eigenvalue weighted by Gasteiger charge is 2.25. The predicted molar refractivity (Wildman–Crippen MR) is 114 cm³/mol. The molecule has 2 aliphatic rings. The SMILES string of the molecule is CC(C)OCCOCCN1CCN(CC2CCN(CC(=O)C(C)C)CC2)CC1. The third-order valence-electron chi connectivity index (χ3n) is 5.94. The average Bonchev–Trinajstić information content (AvgIpc) is 2.67. The topological polar surface area (TPSA) is 45.3 Å². The predicted octanol–water partition coefficient (Wildman–Crippen LogP) is 1.98. The average molecular weight is 398 g/mol. The first-order valence-electron chi connectivity index (χ1n) is 11.3. The van der Waals surface area contributed by atoms with Gasteiger partial charge in [0.05, 0.1) is 32.5 Å². The smallest absolute Gasteiger partial charge is 0.149 e. The van der Waals surface area contributed by atoms with Crippen LogP contribution in [0.15, 0.2) is 0 Å². The van der Waals surface area contributed by atoms with Gasteiger partial charge in [-0.3, -0.25) is 14.6 Å². The number of rotatable bonds is 12. The molecule has 0 radical (unpaired) electrons. The van der Waals surface area contributed by atoms with Gasteiger partial charge in [-0.2, -0.15) is 0 Å². The Balaban J connectivity index is 1.51. The van der Waals surface area contributed by atoms with Gasteiger partial charge in [0.2, 0.25) is 0 Å². The van der Waals surface area contributed by atoms with Crippen LogP contribution in [0, 0.1) is 11.8 Å². The Bertz CT molecular complexity index is 429. The van der Waals surface area contributed by atoms with Gasteiger partial charge in [-0.15, -0.1) is 0 Å². The van der Waals surface area contributed by atoms with E-state index in [1.54, 1.807) is 0 Å². The Hall–Kier alpha value is -0.530. The molecular formula is C22H43N3O3. The number of carbonyl (C=O) groups excluding carboxylic acids is 1. The van der Waals surface area contributed by atoms with Crippen LogP contribution < -0.4 is 0 Å². The molecule has 0 aromatic heterocycles. The van der Waals surface area contributed by atoms with Gasteiger partial charge >= 0.3 is 0 Å². The molecule has 0 unspecified atom stereocenters. The second-order valence-electron chi connectivity index (χ2n) is 9.01. The number of likely N-dealkylation sites (tertiary alicyclic amines) is 1. The summed E-state index contributed by atoms with van der Waals surface area (Å²) < 4.78 is 11.2. The minimum atomic E-state index is 0.160. The molecule has 6 heteroatoms. The number of hydrogen-bond acceptors (Lipinski definition) is 6. The van der Waals surface area contributed by atoms with Gasteiger partial charge in [-0.05, 0) is 45.7 Å². The maximum Gasteiger partial charge on any atom is 0.149 e. The lowest BCUT2D eigenvalue weighted by Gasteiger charge is -2.38. The van der Waals surface area contributed by atoms with E-state index < -0.39 is 0 Å². The van der Waals surface area contributed by atoms with E-state index in [9.17, 15) is 4.79 Å². The van der Waals surface area contributed by atoms with E-state index in [4.69, 9.17) is 9.47 Å². The van der Waals surface area contributed by atoms with E-state index >= 15 is 0 Å². The molecule has 0 saturated carbocycles. The molecule has 2 rings (SSSR count). The normalized spacial score (nSPS) is 21.1. The zero-order chi connectivity index (χ0) is 20.4. The lowest BCUT2D eigenvalue weighted by Crippen LogP contribution is -2.49. The Morgan fingerprint density at radius 3 is 2.11 bits per heavy atom. The second kappa shape index (κ2) is 12.9. The van der Waals surface area contributed by atoms with E-state index in [-0.39, 0.29) is 12.0 Å². The molecule has 0 aromatic carbocycles. The van der Waals surface area contributed by atoms with Crippen LogP contribution in [0.5, 0.6) is 0 Å². The van der Waals surface area contributed by atoms with Gasteiger partial charge in [0.1, 0.15) is 5.78 Å². The van der Waals surface area contributed by atoms with Crippen molar-refractivity contribution in [1.82, 2.24) is 14.7 Å². The highest BCUT2D eigenvalue weighted by molar-refractivity contribution is 5.82. The summed E-state index contributed by atoms with van der Waals surface area (Å²) in [5, 5.41) is 0. The van der Waals surface area contributed by atoms with E-state index in [0.717, 1.165) is 45.2 Å². The van der Waals surface area contributed by atoms with Gasteiger partial charge in [-0.25, -0.2) is 0 Å². The van der Waals surface area contributed by atoms with Crippen LogP contribution >= 0.6 is 0 Å².